The van der Waals surface area contributed by atoms with Crippen molar-refractivity contribution in [2.45, 2.75) is 6.61 Å². The number of amides is 1. The maximum atomic E-state index is 13.8. The van der Waals surface area contributed by atoms with Crippen LogP contribution in [0.4, 0.5) is 10.1 Å². The molecule has 3 aromatic rings. The van der Waals surface area contributed by atoms with Crippen molar-refractivity contribution in [2.75, 3.05) is 5.32 Å². The molecule has 0 aliphatic carbocycles. The molecule has 0 spiro atoms. The zero-order chi connectivity index (χ0) is 18.7. The van der Waals surface area contributed by atoms with Gasteiger partial charge < -0.3 is 14.5 Å². The maximum absolute atomic E-state index is 13.8. The first-order valence-corrected chi connectivity index (χ1v) is 9.32. The summed E-state index contributed by atoms with van der Waals surface area (Å²) in [6.07, 6.45) is 0. The smallest absolute Gasteiger partial charge is 0.291 e. The van der Waals surface area contributed by atoms with Crippen LogP contribution < -0.4 is 10.1 Å². The van der Waals surface area contributed by atoms with Gasteiger partial charge >= 0.3 is 0 Å². The van der Waals surface area contributed by atoms with Gasteiger partial charge in [-0.05, 0) is 48.5 Å². The summed E-state index contributed by atoms with van der Waals surface area (Å²) in [5, 5.41) is 2.91. The third-order valence-corrected chi connectivity index (χ3v) is 4.61. The molecule has 8 heteroatoms. The Morgan fingerprint density at radius 1 is 1.12 bits per heavy atom. The second-order valence-corrected chi connectivity index (χ2v) is 7.45. The third-order valence-electron chi connectivity index (χ3n) is 3.33. The first-order valence-electron chi connectivity index (χ1n) is 7.35. The number of furan rings is 1. The number of carbonyl (C=O) groups is 1. The van der Waals surface area contributed by atoms with E-state index in [9.17, 15) is 9.18 Å². The Balaban J connectivity index is 1.64. The van der Waals surface area contributed by atoms with Crippen LogP contribution in [0.3, 0.4) is 0 Å². The molecule has 0 aliphatic rings. The van der Waals surface area contributed by atoms with Crippen molar-refractivity contribution in [1.29, 1.82) is 0 Å². The van der Waals surface area contributed by atoms with Gasteiger partial charge in [0.15, 0.2) is 5.76 Å². The molecular formula is C18H11Br2ClFNO3. The molecule has 1 amide bonds. The van der Waals surface area contributed by atoms with Crippen LogP contribution in [0.2, 0.25) is 5.02 Å². The fraction of sp³-hybridized carbons (Fsp3) is 0.0556. The van der Waals surface area contributed by atoms with E-state index in [4.69, 9.17) is 20.8 Å². The molecule has 3 rings (SSSR count). The summed E-state index contributed by atoms with van der Waals surface area (Å²) in [6, 6.07) is 12.7. The van der Waals surface area contributed by atoms with E-state index in [0.717, 1.165) is 4.47 Å². The van der Waals surface area contributed by atoms with Gasteiger partial charge in [-0.3, -0.25) is 4.79 Å². The summed E-state index contributed by atoms with van der Waals surface area (Å²) < 4.78 is 26.2. The van der Waals surface area contributed by atoms with Gasteiger partial charge in [0.2, 0.25) is 0 Å². The lowest BCUT2D eigenvalue weighted by molar-refractivity contribution is 0.0992. The SMILES string of the molecule is O=C(Nc1ccc(Br)cc1F)c1ccc(COc2ccc(Br)cc2Cl)o1. The van der Waals surface area contributed by atoms with Crippen molar-refractivity contribution in [1.82, 2.24) is 0 Å². The quantitative estimate of drug-likeness (QED) is 0.437. The molecule has 0 saturated heterocycles. The van der Waals surface area contributed by atoms with Crippen LogP contribution in [0.25, 0.3) is 0 Å². The first-order chi connectivity index (χ1) is 12.4. The van der Waals surface area contributed by atoms with Crippen LogP contribution in [0, 0.1) is 5.82 Å². The Hall–Kier alpha value is -1.83. The monoisotopic (exact) mass is 501 g/mol. The predicted octanol–water partition coefficient (Wildman–Crippen LogP) is 6.43. The molecular weight excluding hydrogens is 492 g/mol. The minimum atomic E-state index is -0.556. The van der Waals surface area contributed by atoms with E-state index in [2.05, 4.69) is 37.2 Å². The summed E-state index contributed by atoms with van der Waals surface area (Å²) in [5.74, 6) is -0.126. The molecule has 4 nitrogen and oxygen atoms in total. The first kappa shape index (κ1) is 18.9. The molecule has 1 N–H and O–H groups in total. The van der Waals surface area contributed by atoms with Gasteiger partial charge in [-0.25, -0.2) is 4.39 Å². The molecule has 1 heterocycles. The summed E-state index contributed by atoms with van der Waals surface area (Å²) in [4.78, 5) is 12.2. The molecule has 134 valence electrons. The van der Waals surface area contributed by atoms with Crippen LogP contribution in [0.15, 0.2) is 61.9 Å². The van der Waals surface area contributed by atoms with E-state index in [1.54, 1.807) is 30.3 Å². The topological polar surface area (TPSA) is 51.5 Å². The molecule has 2 aromatic carbocycles. The number of hydrogen-bond donors (Lipinski definition) is 1. The normalized spacial score (nSPS) is 10.6. The molecule has 26 heavy (non-hydrogen) atoms. The summed E-state index contributed by atoms with van der Waals surface area (Å²) in [5.41, 5.74) is 0.0639. The highest BCUT2D eigenvalue weighted by Crippen LogP contribution is 2.28. The number of benzene rings is 2. The molecule has 0 radical (unpaired) electrons. The zero-order valence-corrected chi connectivity index (χ0v) is 17.0. The van der Waals surface area contributed by atoms with E-state index < -0.39 is 11.7 Å². The van der Waals surface area contributed by atoms with E-state index in [1.807, 2.05) is 0 Å². The van der Waals surface area contributed by atoms with Crippen molar-refractivity contribution in [3.63, 3.8) is 0 Å². The van der Waals surface area contributed by atoms with Crippen molar-refractivity contribution >= 4 is 55.1 Å². The predicted molar refractivity (Wildman–Crippen MR) is 104 cm³/mol. The lowest BCUT2D eigenvalue weighted by Gasteiger charge is -2.07. The van der Waals surface area contributed by atoms with Crippen LogP contribution >= 0.6 is 43.5 Å². The Bertz CT molecular complexity index is 961. The fourth-order valence-electron chi connectivity index (χ4n) is 2.09. The van der Waals surface area contributed by atoms with Gasteiger partial charge in [0.1, 0.15) is 23.9 Å². The molecule has 0 fully saturated rings. The van der Waals surface area contributed by atoms with Crippen molar-refractivity contribution in [2.24, 2.45) is 0 Å². The highest BCUT2D eigenvalue weighted by Gasteiger charge is 2.14. The summed E-state index contributed by atoms with van der Waals surface area (Å²) in [6.45, 7) is 0.0985. The highest BCUT2D eigenvalue weighted by atomic mass is 79.9. The van der Waals surface area contributed by atoms with Crippen LogP contribution in [0.5, 0.6) is 5.75 Å². The van der Waals surface area contributed by atoms with Crippen molar-refractivity contribution < 1.29 is 18.3 Å². The fourth-order valence-corrected chi connectivity index (χ4v) is 3.15. The lowest BCUT2D eigenvalue weighted by Crippen LogP contribution is -2.12. The Kier molecular flexibility index (Phi) is 6.01. The van der Waals surface area contributed by atoms with Gasteiger partial charge in [0.05, 0.1) is 10.7 Å². The molecule has 0 aliphatic heterocycles. The molecule has 0 saturated carbocycles. The minimum absolute atomic E-state index is 0.0489. The lowest BCUT2D eigenvalue weighted by atomic mass is 10.3. The largest absolute Gasteiger partial charge is 0.484 e. The number of ether oxygens (including phenoxy) is 1. The van der Waals surface area contributed by atoms with Gasteiger partial charge in [-0.1, -0.05) is 43.5 Å². The molecule has 0 unspecified atom stereocenters. The zero-order valence-electron chi connectivity index (χ0n) is 13.1. The minimum Gasteiger partial charge on any atom is -0.484 e. The number of rotatable bonds is 5. The highest BCUT2D eigenvalue weighted by molar-refractivity contribution is 9.10. The third kappa shape index (κ3) is 4.66. The number of anilines is 1. The van der Waals surface area contributed by atoms with Crippen molar-refractivity contribution in [3.8, 4) is 5.75 Å². The molecule has 0 atom stereocenters. The number of halogens is 4. The average molecular weight is 504 g/mol. The Morgan fingerprint density at radius 2 is 1.85 bits per heavy atom. The van der Waals surface area contributed by atoms with Gasteiger partial charge in [-0.15, -0.1) is 0 Å². The number of carbonyl (C=O) groups excluding carboxylic acids is 1. The van der Waals surface area contributed by atoms with E-state index in [1.165, 1.54) is 18.2 Å². The standard InChI is InChI=1S/C18H11Br2ClFNO3/c19-10-2-5-16(13(21)7-10)25-9-12-3-6-17(26-12)18(24)23-15-4-1-11(20)8-14(15)22/h1-8H,9H2,(H,23,24). The second kappa shape index (κ2) is 8.24. The second-order valence-electron chi connectivity index (χ2n) is 5.21. The van der Waals surface area contributed by atoms with Gasteiger partial charge in [-0.2, -0.15) is 0 Å². The number of nitrogens with one attached hydrogen (secondary N) is 1. The van der Waals surface area contributed by atoms with Gasteiger partial charge in [0.25, 0.3) is 5.91 Å². The van der Waals surface area contributed by atoms with E-state index in [-0.39, 0.29) is 18.1 Å². The average Bonchev–Trinajstić information content (AvgIpc) is 3.06. The number of hydrogen-bond acceptors (Lipinski definition) is 3. The molecule has 1 aromatic heterocycles. The van der Waals surface area contributed by atoms with E-state index >= 15 is 0 Å². The van der Waals surface area contributed by atoms with Crippen molar-refractivity contribution in [3.05, 3.63) is 79.8 Å². The van der Waals surface area contributed by atoms with E-state index in [0.29, 0.717) is 21.0 Å². The maximum Gasteiger partial charge on any atom is 0.291 e. The van der Waals surface area contributed by atoms with Crippen LogP contribution in [0.1, 0.15) is 16.3 Å². The Labute approximate surface area is 170 Å². The van der Waals surface area contributed by atoms with Crippen LogP contribution in [-0.4, -0.2) is 5.91 Å². The summed E-state index contributed by atoms with van der Waals surface area (Å²) >= 11 is 12.6. The van der Waals surface area contributed by atoms with Crippen LogP contribution in [-0.2, 0) is 6.61 Å². The summed E-state index contributed by atoms with van der Waals surface area (Å²) in [7, 11) is 0. The Morgan fingerprint density at radius 3 is 2.58 bits per heavy atom. The molecule has 0 bridgehead atoms. The van der Waals surface area contributed by atoms with Gasteiger partial charge in [0, 0.05) is 8.95 Å².